The molecule has 1 amide bonds. The highest BCUT2D eigenvalue weighted by molar-refractivity contribution is 8.26. The molecule has 3 aromatic rings. The van der Waals surface area contributed by atoms with Gasteiger partial charge in [-0.1, -0.05) is 66.4 Å². The monoisotopic (exact) mass is 497 g/mol. The smallest absolute Gasteiger partial charge is 0.339 e. The highest BCUT2D eigenvalue weighted by Gasteiger charge is 2.31. The second-order valence-electron chi connectivity index (χ2n) is 7.04. The van der Waals surface area contributed by atoms with Crippen molar-refractivity contribution in [2.75, 3.05) is 7.11 Å². The number of nitrogens with zero attached hydrogens (tertiary/aromatic N) is 1. The van der Waals surface area contributed by atoms with Crippen molar-refractivity contribution in [1.29, 1.82) is 0 Å². The normalized spacial score (nSPS) is 15.2. The molecule has 1 aliphatic rings. The molecule has 6 nitrogen and oxygen atoms in total. The number of benzene rings is 3. The van der Waals surface area contributed by atoms with Crippen molar-refractivity contribution in [1.82, 2.24) is 4.90 Å². The summed E-state index contributed by atoms with van der Waals surface area (Å²) in [5.41, 5.74) is 1.72. The van der Waals surface area contributed by atoms with Crippen molar-refractivity contribution >= 4 is 50.4 Å². The van der Waals surface area contributed by atoms with E-state index in [4.69, 9.17) is 21.1 Å². The standard InChI is InChI=1S/C24H19NO5S3/c1-29-19-11-13-21(14-12-19)33(27,28)30-20-9-7-17(8-10-20)15-22-23(26)25(24(31)32-22)16-18-5-3-2-4-6-18/h2-15H,16H2,1H3/b22-15-. The Morgan fingerprint density at radius 3 is 2.21 bits per heavy atom. The van der Waals surface area contributed by atoms with Gasteiger partial charge < -0.3 is 8.92 Å². The zero-order valence-electron chi connectivity index (χ0n) is 17.5. The molecule has 0 atom stereocenters. The Morgan fingerprint density at radius 1 is 0.939 bits per heavy atom. The van der Waals surface area contributed by atoms with Gasteiger partial charge in [-0.05, 0) is 53.6 Å². The van der Waals surface area contributed by atoms with Crippen LogP contribution in [0, 0.1) is 0 Å². The Hall–Kier alpha value is -3.14. The number of hydrogen-bond donors (Lipinski definition) is 0. The number of methoxy groups -OCH3 is 1. The molecule has 0 aromatic heterocycles. The molecule has 1 saturated heterocycles. The first-order chi connectivity index (χ1) is 15.9. The maximum Gasteiger partial charge on any atom is 0.339 e. The number of rotatable bonds is 7. The van der Waals surface area contributed by atoms with Crippen LogP contribution >= 0.6 is 24.0 Å². The van der Waals surface area contributed by atoms with Crippen molar-refractivity contribution < 1.29 is 22.1 Å². The highest BCUT2D eigenvalue weighted by atomic mass is 32.2. The predicted molar refractivity (Wildman–Crippen MR) is 132 cm³/mol. The predicted octanol–water partition coefficient (Wildman–Crippen LogP) is 4.86. The first kappa shape index (κ1) is 23.0. The van der Waals surface area contributed by atoms with Gasteiger partial charge in [0.2, 0.25) is 0 Å². The fraction of sp³-hybridized carbons (Fsp3) is 0.0833. The SMILES string of the molecule is COc1ccc(S(=O)(=O)Oc2ccc(/C=C3\SC(=S)N(Cc4ccccc4)C3=O)cc2)cc1. The van der Waals surface area contributed by atoms with Gasteiger partial charge in [-0.2, -0.15) is 8.42 Å². The van der Waals surface area contributed by atoms with E-state index in [0.29, 0.717) is 21.5 Å². The van der Waals surface area contributed by atoms with Crippen LogP contribution in [0.25, 0.3) is 6.08 Å². The van der Waals surface area contributed by atoms with Crippen molar-refractivity contribution in [2.24, 2.45) is 0 Å². The van der Waals surface area contributed by atoms with Gasteiger partial charge in [-0.25, -0.2) is 0 Å². The van der Waals surface area contributed by atoms with E-state index >= 15 is 0 Å². The zero-order chi connectivity index (χ0) is 23.4. The minimum absolute atomic E-state index is 0.0227. The average molecular weight is 498 g/mol. The molecular formula is C24H19NO5S3. The Morgan fingerprint density at radius 2 is 1.58 bits per heavy atom. The molecule has 1 heterocycles. The number of carbonyl (C=O) groups excluding carboxylic acids is 1. The minimum Gasteiger partial charge on any atom is -0.497 e. The van der Waals surface area contributed by atoms with E-state index in [1.807, 2.05) is 30.3 Å². The fourth-order valence-electron chi connectivity index (χ4n) is 3.09. The van der Waals surface area contributed by atoms with E-state index in [-0.39, 0.29) is 16.6 Å². The zero-order valence-corrected chi connectivity index (χ0v) is 20.0. The molecule has 1 aliphatic heterocycles. The van der Waals surface area contributed by atoms with Gasteiger partial charge in [0, 0.05) is 0 Å². The molecule has 33 heavy (non-hydrogen) atoms. The third-order valence-electron chi connectivity index (χ3n) is 4.79. The molecule has 168 valence electrons. The van der Waals surface area contributed by atoms with Crippen LogP contribution in [-0.2, 0) is 21.5 Å². The molecule has 1 fully saturated rings. The summed E-state index contributed by atoms with van der Waals surface area (Å²) in [6.07, 6.45) is 1.73. The summed E-state index contributed by atoms with van der Waals surface area (Å²) in [5, 5.41) is 0. The van der Waals surface area contributed by atoms with Crippen molar-refractivity contribution in [2.45, 2.75) is 11.4 Å². The molecule has 3 aromatic carbocycles. The summed E-state index contributed by atoms with van der Waals surface area (Å²) in [4.78, 5) is 14.9. The van der Waals surface area contributed by atoms with E-state index in [1.165, 1.54) is 43.1 Å². The lowest BCUT2D eigenvalue weighted by Gasteiger charge is -2.14. The van der Waals surface area contributed by atoms with E-state index in [2.05, 4.69) is 0 Å². The maximum atomic E-state index is 12.8. The van der Waals surface area contributed by atoms with Crippen LogP contribution in [0.3, 0.4) is 0 Å². The molecule has 4 rings (SSSR count). The molecule has 9 heteroatoms. The van der Waals surface area contributed by atoms with Gasteiger partial charge in [-0.15, -0.1) is 0 Å². The highest BCUT2D eigenvalue weighted by Crippen LogP contribution is 2.34. The van der Waals surface area contributed by atoms with Gasteiger partial charge in [0.05, 0.1) is 18.6 Å². The Balaban J connectivity index is 1.45. The number of carbonyl (C=O) groups is 1. The largest absolute Gasteiger partial charge is 0.497 e. The Kier molecular flexibility index (Phi) is 6.83. The molecule has 0 saturated carbocycles. The second kappa shape index (κ2) is 9.78. The molecule has 0 bridgehead atoms. The van der Waals surface area contributed by atoms with E-state index in [9.17, 15) is 13.2 Å². The lowest BCUT2D eigenvalue weighted by Crippen LogP contribution is -2.27. The summed E-state index contributed by atoms with van der Waals surface area (Å²) >= 11 is 6.63. The number of ether oxygens (including phenoxy) is 1. The second-order valence-corrected chi connectivity index (χ2v) is 10.3. The first-order valence-electron chi connectivity index (χ1n) is 9.83. The van der Waals surface area contributed by atoms with Crippen molar-refractivity contribution in [3.63, 3.8) is 0 Å². The molecular weight excluding hydrogens is 478 g/mol. The van der Waals surface area contributed by atoms with Gasteiger partial charge in [0.1, 0.15) is 20.7 Å². The summed E-state index contributed by atoms with van der Waals surface area (Å²) in [7, 11) is -2.48. The van der Waals surface area contributed by atoms with E-state index in [1.54, 1.807) is 35.2 Å². The molecule has 0 unspecified atom stereocenters. The molecule has 0 N–H and O–H groups in total. The van der Waals surface area contributed by atoms with Crippen LogP contribution in [0.4, 0.5) is 0 Å². The van der Waals surface area contributed by atoms with Crippen molar-refractivity contribution in [3.05, 3.63) is 94.9 Å². The molecule has 0 radical (unpaired) electrons. The number of thiocarbonyl (C=S) groups is 1. The van der Waals surface area contributed by atoms with E-state index < -0.39 is 10.1 Å². The first-order valence-corrected chi connectivity index (χ1v) is 12.5. The molecule has 0 spiro atoms. The number of thioether (sulfide) groups is 1. The van der Waals surface area contributed by atoms with Crippen LogP contribution in [0.5, 0.6) is 11.5 Å². The quantitative estimate of drug-likeness (QED) is 0.262. The van der Waals surface area contributed by atoms with Gasteiger partial charge in [0.15, 0.2) is 0 Å². The van der Waals surface area contributed by atoms with Crippen LogP contribution in [0.15, 0.2) is 88.7 Å². The lowest BCUT2D eigenvalue weighted by molar-refractivity contribution is -0.122. The maximum absolute atomic E-state index is 12.8. The third-order valence-corrected chi connectivity index (χ3v) is 7.43. The minimum atomic E-state index is -3.98. The summed E-state index contributed by atoms with van der Waals surface area (Å²) in [6.45, 7) is 0.416. The summed E-state index contributed by atoms with van der Waals surface area (Å²) in [5.74, 6) is 0.559. The number of amides is 1. The summed E-state index contributed by atoms with van der Waals surface area (Å²) in [6, 6.07) is 22.0. The number of hydrogen-bond acceptors (Lipinski definition) is 7. The van der Waals surface area contributed by atoms with Gasteiger partial charge in [0.25, 0.3) is 5.91 Å². The average Bonchev–Trinajstić information content (AvgIpc) is 3.08. The van der Waals surface area contributed by atoms with Gasteiger partial charge >= 0.3 is 10.1 Å². The Labute approximate surface area is 202 Å². The topological polar surface area (TPSA) is 72.9 Å². The van der Waals surface area contributed by atoms with Crippen LogP contribution in [-0.4, -0.2) is 30.7 Å². The lowest BCUT2D eigenvalue weighted by atomic mass is 10.2. The molecule has 0 aliphatic carbocycles. The van der Waals surface area contributed by atoms with Crippen LogP contribution < -0.4 is 8.92 Å². The third kappa shape index (κ3) is 5.44. The van der Waals surface area contributed by atoms with Crippen LogP contribution in [0.1, 0.15) is 11.1 Å². The fourth-order valence-corrected chi connectivity index (χ4v) is 5.28. The van der Waals surface area contributed by atoms with Crippen molar-refractivity contribution in [3.8, 4) is 11.5 Å². The summed E-state index contributed by atoms with van der Waals surface area (Å²) < 4.78 is 35.7. The van der Waals surface area contributed by atoms with Crippen LogP contribution in [0.2, 0.25) is 0 Å². The Bertz CT molecular complexity index is 1300. The van der Waals surface area contributed by atoms with E-state index in [0.717, 1.165) is 11.1 Å². The van der Waals surface area contributed by atoms with Gasteiger partial charge in [-0.3, -0.25) is 9.69 Å².